The van der Waals surface area contributed by atoms with Gasteiger partial charge in [0, 0.05) is 35.1 Å². The Labute approximate surface area is 239 Å². The average Bonchev–Trinajstić information content (AvgIpc) is 3.66. The number of halogens is 2. The molecule has 0 bridgehead atoms. The molecule has 1 aliphatic carbocycles. The van der Waals surface area contributed by atoms with Gasteiger partial charge in [-0.3, -0.25) is 4.98 Å². The van der Waals surface area contributed by atoms with E-state index in [-0.39, 0.29) is 5.41 Å². The van der Waals surface area contributed by atoms with Crippen molar-refractivity contribution in [3.05, 3.63) is 68.2 Å². The van der Waals surface area contributed by atoms with Crippen molar-refractivity contribution >= 4 is 44.9 Å². The molecule has 1 aliphatic rings. The smallest absolute Gasteiger partial charge is 0.213 e. The Morgan fingerprint density at radius 1 is 1.18 bits per heavy atom. The highest BCUT2D eigenvalue weighted by Crippen LogP contribution is 2.39. The summed E-state index contributed by atoms with van der Waals surface area (Å²) in [5, 5.41) is 36.3. The molecule has 11 heteroatoms. The molecule has 2 N–H and O–H groups in total. The molecule has 1 saturated carbocycles. The molecule has 3 heterocycles. The zero-order valence-electron chi connectivity index (χ0n) is 22.0. The van der Waals surface area contributed by atoms with Crippen molar-refractivity contribution in [1.82, 2.24) is 25.0 Å². The van der Waals surface area contributed by atoms with E-state index in [0.717, 1.165) is 22.1 Å². The summed E-state index contributed by atoms with van der Waals surface area (Å²) in [6.07, 6.45) is 3.61. The lowest BCUT2D eigenvalue weighted by Crippen LogP contribution is -2.20. The van der Waals surface area contributed by atoms with Crippen LogP contribution in [0.2, 0.25) is 0 Å². The first kappa shape index (κ1) is 26.8. The van der Waals surface area contributed by atoms with Crippen molar-refractivity contribution in [3.63, 3.8) is 0 Å². The van der Waals surface area contributed by atoms with Gasteiger partial charge >= 0.3 is 0 Å². The van der Waals surface area contributed by atoms with E-state index < -0.39 is 12.0 Å². The first-order valence-electron chi connectivity index (χ1n) is 12.6. The van der Waals surface area contributed by atoms with Crippen molar-refractivity contribution in [3.8, 4) is 12.1 Å². The number of pyridine rings is 2. The third kappa shape index (κ3) is 5.50. The second-order valence-corrected chi connectivity index (χ2v) is 12.0. The van der Waals surface area contributed by atoms with Crippen LogP contribution < -0.4 is 10.6 Å². The lowest BCUT2D eigenvalue weighted by Gasteiger charge is -2.23. The van der Waals surface area contributed by atoms with Crippen LogP contribution in [0.3, 0.4) is 0 Å². The van der Waals surface area contributed by atoms with Gasteiger partial charge < -0.3 is 10.6 Å². The molecule has 1 fully saturated rings. The van der Waals surface area contributed by atoms with E-state index >= 15 is 0 Å². The Balaban J connectivity index is 1.66. The van der Waals surface area contributed by atoms with Crippen molar-refractivity contribution < 1.29 is 4.39 Å². The second-order valence-electron chi connectivity index (χ2n) is 10.9. The third-order valence-electron chi connectivity index (χ3n) is 6.55. The Kier molecular flexibility index (Phi) is 7.12. The number of aryl methyl sites for hydroxylation is 1. The number of hydrogen-bond donors (Lipinski definition) is 2. The maximum absolute atomic E-state index is 13.9. The number of hydrogen-bond acceptors (Lipinski definition) is 8. The van der Waals surface area contributed by atoms with E-state index in [2.05, 4.69) is 86.4 Å². The molecule has 39 heavy (non-hydrogen) atoms. The Morgan fingerprint density at radius 2 is 1.92 bits per heavy atom. The van der Waals surface area contributed by atoms with E-state index in [1.165, 1.54) is 12.3 Å². The lowest BCUT2D eigenvalue weighted by molar-refractivity contribution is 0.443. The molecule has 1 atom stereocenters. The summed E-state index contributed by atoms with van der Waals surface area (Å²) in [5.41, 5.74) is 4.42. The van der Waals surface area contributed by atoms with Gasteiger partial charge in [0.2, 0.25) is 5.95 Å². The summed E-state index contributed by atoms with van der Waals surface area (Å²) >= 11 is 2.25. The largest absolute Gasteiger partial charge is 0.383 e. The molecule has 1 aromatic carbocycles. The van der Waals surface area contributed by atoms with E-state index in [1.807, 2.05) is 10.7 Å². The van der Waals surface area contributed by atoms with Crippen molar-refractivity contribution in [2.24, 2.45) is 5.41 Å². The van der Waals surface area contributed by atoms with Crippen LogP contribution in [0.1, 0.15) is 73.8 Å². The minimum absolute atomic E-state index is 0.0431. The number of rotatable bonds is 7. The number of fused-ring (bicyclic) bond motifs is 1. The maximum Gasteiger partial charge on any atom is 0.213 e. The van der Waals surface area contributed by atoms with Crippen molar-refractivity contribution in [1.29, 1.82) is 10.5 Å². The van der Waals surface area contributed by atoms with Crippen molar-refractivity contribution in [2.75, 3.05) is 17.2 Å². The quantitative estimate of drug-likeness (QED) is 0.187. The molecule has 5 rings (SSSR count). The van der Waals surface area contributed by atoms with Crippen LogP contribution in [0.25, 0.3) is 10.9 Å². The maximum atomic E-state index is 13.9. The standard InChI is InChI=1S/C28H27FIN9/c1-15-20(7-8-22(29)35-15)25(26-27(30)39(38-37-26)19-5-6-19)36-18-9-16(11-31)23-21(10-18)24(17(12-32)13-33-23)34-14-28(2,3)4/h7-10,13,19,25,36H,5-6,14H2,1-4H3,(H,33,34)/t25-/m0/s1. The van der Waals surface area contributed by atoms with Gasteiger partial charge in [0.15, 0.2) is 0 Å². The summed E-state index contributed by atoms with van der Waals surface area (Å²) in [5.74, 6) is -0.562. The lowest BCUT2D eigenvalue weighted by atomic mass is 9.96. The van der Waals surface area contributed by atoms with Gasteiger partial charge in [0.25, 0.3) is 0 Å². The number of nitriles is 2. The van der Waals surface area contributed by atoms with Gasteiger partial charge in [-0.2, -0.15) is 14.9 Å². The number of anilines is 2. The molecule has 0 radical (unpaired) electrons. The molecule has 198 valence electrons. The molecule has 0 amide bonds. The molecule has 0 unspecified atom stereocenters. The Morgan fingerprint density at radius 3 is 2.56 bits per heavy atom. The number of nitrogens with zero attached hydrogens (tertiary/aromatic N) is 7. The van der Waals surface area contributed by atoms with E-state index in [4.69, 9.17) is 0 Å². The molecule has 3 aromatic heterocycles. The molecule has 0 spiro atoms. The number of aromatic nitrogens is 5. The Hall–Kier alpha value is -3.84. The van der Waals surface area contributed by atoms with Crippen LogP contribution >= 0.6 is 22.6 Å². The highest BCUT2D eigenvalue weighted by Gasteiger charge is 2.31. The van der Waals surface area contributed by atoms with Crippen LogP contribution in [-0.2, 0) is 0 Å². The summed E-state index contributed by atoms with van der Waals surface area (Å²) < 4.78 is 16.8. The van der Waals surface area contributed by atoms with E-state index in [1.54, 1.807) is 19.1 Å². The molecule has 0 aliphatic heterocycles. The number of benzene rings is 1. The van der Waals surface area contributed by atoms with Crippen LogP contribution in [0, 0.1) is 44.6 Å². The fourth-order valence-electron chi connectivity index (χ4n) is 4.43. The van der Waals surface area contributed by atoms with Crippen molar-refractivity contribution in [2.45, 2.75) is 52.6 Å². The molecular formula is C28H27FIN9. The third-order valence-corrected chi connectivity index (χ3v) is 7.60. The fraction of sp³-hybridized carbons (Fsp3) is 0.357. The molecular weight excluding hydrogens is 608 g/mol. The van der Waals surface area contributed by atoms with E-state index in [9.17, 15) is 14.9 Å². The summed E-state index contributed by atoms with van der Waals surface area (Å²) in [7, 11) is 0. The highest BCUT2D eigenvalue weighted by molar-refractivity contribution is 14.1. The van der Waals surface area contributed by atoms with Gasteiger partial charge in [0.05, 0.1) is 28.4 Å². The summed E-state index contributed by atoms with van der Waals surface area (Å²) in [6, 6.07) is 10.9. The van der Waals surface area contributed by atoms with Gasteiger partial charge in [-0.25, -0.2) is 9.67 Å². The van der Waals surface area contributed by atoms with Crippen LogP contribution in [-0.4, -0.2) is 31.5 Å². The van der Waals surface area contributed by atoms with Crippen LogP contribution in [0.5, 0.6) is 0 Å². The number of nitrogens with one attached hydrogen (secondary N) is 2. The van der Waals surface area contributed by atoms with E-state index in [0.29, 0.717) is 57.4 Å². The predicted molar refractivity (Wildman–Crippen MR) is 155 cm³/mol. The summed E-state index contributed by atoms with van der Waals surface area (Å²) in [6.45, 7) is 8.67. The van der Waals surface area contributed by atoms with Crippen LogP contribution in [0.15, 0.2) is 30.5 Å². The van der Waals surface area contributed by atoms with Gasteiger partial charge in [-0.15, -0.1) is 5.10 Å². The minimum atomic E-state index is -0.562. The normalized spacial score (nSPS) is 14.1. The van der Waals surface area contributed by atoms with Gasteiger partial charge in [-0.05, 0) is 66.0 Å². The molecule has 0 saturated heterocycles. The first-order chi connectivity index (χ1) is 18.6. The predicted octanol–water partition coefficient (Wildman–Crippen LogP) is 6.01. The SMILES string of the molecule is Cc1nc(F)ccc1[C@H](Nc1cc(C#N)c2ncc(C#N)c(NCC(C)(C)C)c2c1)c1nnn(C2CC2)c1I. The highest BCUT2D eigenvalue weighted by atomic mass is 127. The van der Waals surface area contributed by atoms with Gasteiger partial charge in [0.1, 0.15) is 27.6 Å². The first-order valence-corrected chi connectivity index (χ1v) is 13.7. The monoisotopic (exact) mass is 635 g/mol. The zero-order valence-corrected chi connectivity index (χ0v) is 24.2. The zero-order chi connectivity index (χ0) is 27.9. The fourth-order valence-corrected chi connectivity index (χ4v) is 5.34. The minimum Gasteiger partial charge on any atom is -0.383 e. The second kappa shape index (κ2) is 10.4. The Bertz CT molecular complexity index is 1660. The molecule has 9 nitrogen and oxygen atoms in total. The topological polar surface area (TPSA) is 128 Å². The van der Waals surface area contributed by atoms with Crippen LogP contribution in [0.4, 0.5) is 15.8 Å². The average molecular weight is 635 g/mol. The molecule has 4 aromatic rings. The summed E-state index contributed by atoms with van der Waals surface area (Å²) in [4.78, 5) is 8.48. The van der Waals surface area contributed by atoms with Gasteiger partial charge in [-0.1, -0.05) is 32.1 Å².